The molecule has 6 heteroatoms. The molecule has 0 aliphatic rings. The van der Waals surface area contributed by atoms with Gasteiger partial charge in [-0.15, -0.1) is 0 Å². The topological polar surface area (TPSA) is 38.8 Å². The average Bonchev–Trinajstić information content (AvgIpc) is 2.56. The van der Waals surface area contributed by atoms with Crippen LogP contribution >= 0.6 is 0 Å². The van der Waals surface area contributed by atoms with Crippen molar-refractivity contribution in [3.63, 3.8) is 0 Å². The molecule has 0 N–H and O–H groups in total. The summed E-state index contributed by atoms with van der Waals surface area (Å²) in [6.45, 7) is 18.1. The maximum absolute atomic E-state index is 12.7. The van der Waals surface area contributed by atoms with Gasteiger partial charge in [0.1, 0.15) is 0 Å². The molecule has 0 bridgehead atoms. The van der Waals surface area contributed by atoms with E-state index in [0.29, 0.717) is 32.7 Å². The first-order valence-electron chi connectivity index (χ1n) is 11.6. The predicted molar refractivity (Wildman–Crippen MR) is 127 cm³/mol. The highest BCUT2D eigenvalue weighted by Crippen LogP contribution is 2.12. The second kappa shape index (κ2) is 15.6. The zero-order valence-corrected chi connectivity index (χ0v) is 22.1. The van der Waals surface area contributed by atoms with E-state index < -0.39 is 16.6 Å². The molecule has 0 aromatic rings. The van der Waals surface area contributed by atoms with Crippen molar-refractivity contribution < 1.29 is 13.6 Å². The van der Waals surface area contributed by atoms with Gasteiger partial charge in [-0.05, 0) is 45.7 Å². The Bertz CT molecular complexity index is 372. The third kappa shape index (κ3) is 19.2. The number of carbonyl (C=O) groups excluding carboxylic acids is 1. The van der Waals surface area contributed by atoms with E-state index in [-0.39, 0.29) is 5.91 Å². The fourth-order valence-electron chi connectivity index (χ4n) is 3.03. The number of nitrogens with zero attached hydrogens (tertiary/aromatic N) is 1. The Morgan fingerprint density at radius 1 is 0.679 bits per heavy atom. The first-order chi connectivity index (χ1) is 13.0. The Kier molecular flexibility index (Phi) is 15.5. The lowest BCUT2D eigenvalue weighted by molar-refractivity contribution is -0.132. The zero-order chi connectivity index (χ0) is 21.5. The Hall–Kier alpha value is -0.176. The van der Waals surface area contributed by atoms with Gasteiger partial charge in [0.25, 0.3) is 0 Å². The number of amides is 1. The van der Waals surface area contributed by atoms with Crippen LogP contribution in [0.3, 0.4) is 0 Å². The lowest BCUT2D eigenvalue weighted by Gasteiger charge is -2.27. The van der Waals surface area contributed by atoms with Gasteiger partial charge in [-0.25, -0.2) is 0 Å². The molecule has 4 nitrogen and oxygen atoms in total. The highest BCUT2D eigenvalue weighted by molar-refractivity contribution is 6.70. The largest absolute Gasteiger partial charge is 0.416 e. The summed E-state index contributed by atoms with van der Waals surface area (Å²) < 4.78 is 11.9. The van der Waals surface area contributed by atoms with Crippen molar-refractivity contribution in [2.75, 3.05) is 26.3 Å². The maximum Gasteiger partial charge on any atom is 0.222 e. The molecule has 0 aromatic heterocycles. The van der Waals surface area contributed by atoms with Gasteiger partial charge in [-0.2, -0.15) is 0 Å². The summed E-state index contributed by atoms with van der Waals surface area (Å²) >= 11 is 0. The molecule has 0 saturated carbocycles. The van der Waals surface area contributed by atoms with Crippen LogP contribution in [-0.4, -0.2) is 53.7 Å². The Labute approximate surface area is 178 Å². The lowest BCUT2D eigenvalue weighted by Crippen LogP contribution is -2.40. The van der Waals surface area contributed by atoms with Gasteiger partial charge in [0.15, 0.2) is 16.6 Å². The van der Waals surface area contributed by atoms with Gasteiger partial charge < -0.3 is 13.8 Å². The Morgan fingerprint density at radius 3 is 1.46 bits per heavy atom. The van der Waals surface area contributed by atoms with E-state index in [1.165, 1.54) is 51.4 Å². The van der Waals surface area contributed by atoms with Crippen LogP contribution in [0.15, 0.2) is 0 Å². The second-order valence-electron chi connectivity index (χ2n) is 9.88. The van der Waals surface area contributed by atoms with Crippen molar-refractivity contribution in [1.29, 1.82) is 0 Å². The first-order valence-corrected chi connectivity index (χ1v) is 18.4. The molecular formula is C22H49NO3Si2. The van der Waals surface area contributed by atoms with Crippen LogP contribution in [-0.2, 0) is 13.6 Å². The van der Waals surface area contributed by atoms with E-state index in [4.69, 9.17) is 8.85 Å². The highest BCUT2D eigenvalue weighted by Gasteiger charge is 2.19. The molecule has 0 fully saturated rings. The lowest BCUT2D eigenvalue weighted by atomic mass is 10.1. The number of rotatable bonds is 18. The summed E-state index contributed by atoms with van der Waals surface area (Å²) in [5.74, 6) is 0.265. The van der Waals surface area contributed by atoms with Crippen molar-refractivity contribution in [1.82, 2.24) is 4.90 Å². The molecule has 0 heterocycles. The SMILES string of the molecule is CCCCCCCCCCCC(=O)N(CCO[Si](C)(C)C)CCO[Si](C)(C)C. The molecule has 168 valence electrons. The normalized spacial score (nSPS) is 12.4. The molecule has 0 atom stereocenters. The third-order valence-electron chi connectivity index (χ3n) is 4.64. The van der Waals surface area contributed by atoms with Gasteiger partial charge in [0.2, 0.25) is 5.91 Å². The molecule has 0 saturated heterocycles. The van der Waals surface area contributed by atoms with Crippen LogP contribution in [0.4, 0.5) is 0 Å². The van der Waals surface area contributed by atoms with E-state index in [2.05, 4.69) is 46.2 Å². The van der Waals surface area contributed by atoms with Crippen LogP contribution in [0.2, 0.25) is 39.3 Å². The van der Waals surface area contributed by atoms with Crippen molar-refractivity contribution in [2.45, 2.75) is 110 Å². The van der Waals surface area contributed by atoms with E-state index in [9.17, 15) is 4.79 Å². The molecular weight excluding hydrogens is 382 g/mol. The van der Waals surface area contributed by atoms with Crippen LogP contribution in [0.25, 0.3) is 0 Å². The number of carbonyl (C=O) groups is 1. The molecule has 0 aromatic carbocycles. The number of hydrogen-bond donors (Lipinski definition) is 0. The minimum Gasteiger partial charge on any atom is -0.416 e. The Morgan fingerprint density at radius 2 is 1.07 bits per heavy atom. The van der Waals surface area contributed by atoms with Crippen molar-refractivity contribution in [3.05, 3.63) is 0 Å². The minimum atomic E-state index is -1.54. The van der Waals surface area contributed by atoms with Gasteiger partial charge in [0, 0.05) is 19.5 Å². The maximum atomic E-state index is 12.7. The molecule has 0 spiro atoms. The van der Waals surface area contributed by atoms with E-state index in [1.54, 1.807) is 0 Å². The van der Waals surface area contributed by atoms with Crippen LogP contribution < -0.4 is 0 Å². The van der Waals surface area contributed by atoms with Crippen molar-refractivity contribution in [3.8, 4) is 0 Å². The summed E-state index contributed by atoms with van der Waals surface area (Å²) in [6.07, 6.45) is 12.2. The molecule has 0 unspecified atom stereocenters. The van der Waals surface area contributed by atoms with E-state index in [1.807, 2.05) is 4.90 Å². The number of hydrogen-bond acceptors (Lipinski definition) is 3. The van der Waals surface area contributed by atoms with Crippen LogP contribution in [0, 0.1) is 0 Å². The van der Waals surface area contributed by atoms with E-state index in [0.717, 1.165) is 6.42 Å². The zero-order valence-electron chi connectivity index (χ0n) is 20.1. The van der Waals surface area contributed by atoms with Gasteiger partial charge in [-0.3, -0.25) is 4.79 Å². The van der Waals surface area contributed by atoms with Crippen LogP contribution in [0.5, 0.6) is 0 Å². The average molecular weight is 432 g/mol. The fraction of sp³-hybridized carbons (Fsp3) is 0.955. The first kappa shape index (κ1) is 27.8. The molecule has 0 radical (unpaired) electrons. The molecule has 0 aliphatic heterocycles. The summed E-state index contributed by atoms with van der Waals surface area (Å²) in [5.41, 5.74) is 0. The molecule has 1 amide bonds. The summed E-state index contributed by atoms with van der Waals surface area (Å²) in [7, 11) is -3.07. The van der Waals surface area contributed by atoms with Crippen molar-refractivity contribution >= 4 is 22.5 Å². The third-order valence-corrected chi connectivity index (χ3v) is 6.78. The quantitative estimate of drug-likeness (QED) is 0.185. The van der Waals surface area contributed by atoms with Gasteiger partial charge in [-0.1, -0.05) is 58.3 Å². The smallest absolute Gasteiger partial charge is 0.222 e. The Balaban J connectivity index is 4.12. The standard InChI is InChI=1S/C22H49NO3Si2/c1-8-9-10-11-12-13-14-15-16-17-22(24)23(18-20-25-27(2,3)4)19-21-26-28(5,6)7/h8-21H2,1-7H3. The summed E-state index contributed by atoms with van der Waals surface area (Å²) in [4.78, 5) is 14.7. The summed E-state index contributed by atoms with van der Waals surface area (Å²) in [6, 6.07) is 0. The fourth-order valence-corrected chi connectivity index (χ4v) is 4.44. The highest BCUT2D eigenvalue weighted by atomic mass is 28.4. The van der Waals surface area contributed by atoms with Gasteiger partial charge >= 0.3 is 0 Å². The number of unbranched alkanes of at least 4 members (excludes halogenated alkanes) is 8. The molecule has 0 aliphatic carbocycles. The summed E-state index contributed by atoms with van der Waals surface area (Å²) in [5, 5.41) is 0. The van der Waals surface area contributed by atoms with E-state index >= 15 is 0 Å². The van der Waals surface area contributed by atoms with Gasteiger partial charge in [0.05, 0.1) is 13.2 Å². The monoisotopic (exact) mass is 431 g/mol. The second-order valence-corrected chi connectivity index (χ2v) is 18.9. The minimum absolute atomic E-state index is 0.265. The predicted octanol–water partition coefficient (Wildman–Crippen LogP) is 6.44. The van der Waals surface area contributed by atoms with Crippen LogP contribution in [0.1, 0.15) is 71.1 Å². The molecule has 28 heavy (non-hydrogen) atoms. The van der Waals surface area contributed by atoms with Crippen molar-refractivity contribution in [2.24, 2.45) is 0 Å². The molecule has 0 rings (SSSR count).